The van der Waals surface area contributed by atoms with Gasteiger partial charge >= 0.3 is 6.03 Å². The molecule has 134 valence electrons. The Balaban J connectivity index is 1.77. The van der Waals surface area contributed by atoms with E-state index in [0.717, 1.165) is 38.0 Å². The Labute approximate surface area is 143 Å². The predicted octanol–water partition coefficient (Wildman–Crippen LogP) is 2.50. The van der Waals surface area contributed by atoms with Crippen molar-refractivity contribution < 1.29 is 14.3 Å². The van der Waals surface area contributed by atoms with E-state index in [1.807, 2.05) is 13.8 Å². The van der Waals surface area contributed by atoms with Gasteiger partial charge < -0.3 is 20.6 Å². The molecule has 2 atom stereocenters. The first-order chi connectivity index (χ1) is 11.5. The molecule has 1 aliphatic heterocycles. The molecule has 0 radical (unpaired) electrons. The first kappa shape index (κ1) is 18.5. The molecule has 1 fully saturated rings. The molecule has 2 rings (SSSR count). The van der Waals surface area contributed by atoms with Crippen LogP contribution in [0, 0.1) is 11.7 Å². The highest BCUT2D eigenvalue weighted by atomic mass is 19.1. The molecule has 1 heterocycles. The fraction of sp³-hybridized carbons (Fsp3) is 0.611. The second kappa shape index (κ2) is 8.33. The lowest BCUT2D eigenvalue weighted by Gasteiger charge is -2.28. The molecule has 5 nitrogen and oxygen atoms in total. The van der Waals surface area contributed by atoms with Crippen molar-refractivity contribution in [1.29, 1.82) is 0 Å². The number of hydrogen-bond donors (Lipinski definition) is 3. The molecule has 2 amide bonds. The standard InChI is InChI=1S/C18H28FN3O2/c1-3-9-18(2,13-23)21-17(24)20-11-14-8-10-22(12-14)16-6-4-15(19)5-7-16/h4-7,14,23H,3,8-13H2,1-2H3,(H2,20,21,24). The van der Waals surface area contributed by atoms with E-state index >= 15 is 0 Å². The van der Waals surface area contributed by atoms with Gasteiger partial charge in [-0.3, -0.25) is 0 Å². The van der Waals surface area contributed by atoms with Crippen LogP contribution in [0.3, 0.4) is 0 Å². The van der Waals surface area contributed by atoms with E-state index in [-0.39, 0.29) is 18.5 Å². The predicted molar refractivity (Wildman–Crippen MR) is 93.7 cm³/mol. The van der Waals surface area contributed by atoms with Gasteiger partial charge in [0.15, 0.2) is 0 Å². The van der Waals surface area contributed by atoms with Crippen molar-refractivity contribution in [2.24, 2.45) is 5.92 Å². The molecular formula is C18H28FN3O2. The number of anilines is 1. The van der Waals surface area contributed by atoms with Crippen LogP contribution in [0.4, 0.5) is 14.9 Å². The molecule has 0 bridgehead atoms. The normalized spacial score (nSPS) is 19.8. The average molecular weight is 337 g/mol. The minimum Gasteiger partial charge on any atom is -0.394 e. The van der Waals surface area contributed by atoms with Gasteiger partial charge in [-0.05, 0) is 49.9 Å². The molecule has 1 saturated heterocycles. The molecule has 2 unspecified atom stereocenters. The first-order valence-corrected chi connectivity index (χ1v) is 8.63. The smallest absolute Gasteiger partial charge is 0.315 e. The number of nitrogens with zero attached hydrogens (tertiary/aromatic N) is 1. The Morgan fingerprint density at radius 1 is 1.42 bits per heavy atom. The zero-order valence-corrected chi connectivity index (χ0v) is 14.5. The third-order valence-corrected chi connectivity index (χ3v) is 4.59. The summed E-state index contributed by atoms with van der Waals surface area (Å²) in [4.78, 5) is 14.3. The van der Waals surface area contributed by atoms with Crippen molar-refractivity contribution in [3.8, 4) is 0 Å². The molecule has 1 aromatic rings. The van der Waals surface area contributed by atoms with E-state index in [1.165, 1.54) is 12.1 Å². The number of rotatable bonds is 7. The number of carbonyl (C=O) groups excluding carboxylic acids is 1. The van der Waals surface area contributed by atoms with E-state index in [2.05, 4.69) is 15.5 Å². The summed E-state index contributed by atoms with van der Waals surface area (Å²) < 4.78 is 13.0. The Hall–Kier alpha value is -1.82. The molecule has 0 aliphatic carbocycles. The number of benzene rings is 1. The zero-order valence-electron chi connectivity index (χ0n) is 14.5. The van der Waals surface area contributed by atoms with Crippen molar-refractivity contribution in [1.82, 2.24) is 10.6 Å². The van der Waals surface area contributed by atoms with Crippen LogP contribution in [0.25, 0.3) is 0 Å². The second-order valence-electron chi connectivity index (χ2n) is 6.88. The maximum Gasteiger partial charge on any atom is 0.315 e. The zero-order chi connectivity index (χ0) is 17.6. The topological polar surface area (TPSA) is 64.6 Å². The summed E-state index contributed by atoms with van der Waals surface area (Å²) in [5, 5.41) is 15.2. The highest BCUT2D eigenvalue weighted by molar-refractivity contribution is 5.74. The summed E-state index contributed by atoms with van der Waals surface area (Å²) in [6.45, 7) is 6.15. The van der Waals surface area contributed by atoms with Crippen molar-refractivity contribution in [2.45, 2.75) is 38.6 Å². The number of nitrogens with one attached hydrogen (secondary N) is 2. The summed E-state index contributed by atoms with van der Waals surface area (Å²) >= 11 is 0. The van der Waals surface area contributed by atoms with E-state index in [4.69, 9.17) is 0 Å². The van der Waals surface area contributed by atoms with Crippen molar-refractivity contribution in [2.75, 3.05) is 31.1 Å². The quantitative estimate of drug-likeness (QED) is 0.716. The summed E-state index contributed by atoms with van der Waals surface area (Å²) in [6.07, 6.45) is 2.62. The lowest BCUT2D eigenvalue weighted by molar-refractivity contribution is 0.163. The minimum absolute atomic E-state index is 0.0734. The number of amides is 2. The van der Waals surface area contributed by atoms with Crippen LogP contribution in [-0.2, 0) is 0 Å². The monoisotopic (exact) mass is 337 g/mol. The Bertz CT molecular complexity index is 538. The number of halogens is 1. The summed E-state index contributed by atoms with van der Waals surface area (Å²) in [6, 6.07) is 6.28. The highest BCUT2D eigenvalue weighted by Crippen LogP contribution is 2.23. The van der Waals surface area contributed by atoms with Crippen LogP contribution >= 0.6 is 0 Å². The summed E-state index contributed by atoms with van der Waals surface area (Å²) in [5.41, 5.74) is 0.438. The van der Waals surface area contributed by atoms with Crippen molar-refractivity contribution >= 4 is 11.7 Å². The van der Waals surface area contributed by atoms with Crippen LogP contribution in [0.2, 0.25) is 0 Å². The van der Waals surface area contributed by atoms with Crippen LogP contribution in [0.5, 0.6) is 0 Å². The molecule has 1 aliphatic rings. The van der Waals surface area contributed by atoms with Gasteiger partial charge in [-0.15, -0.1) is 0 Å². The number of carbonyl (C=O) groups is 1. The fourth-order valence-corrected chi connectivity index (χ4v) is 3.17. The maximum atomic E-state index is 13.0. The van der Waals surface area contributed by atoms with Gasteiger partial charge in [0.25, 0.3) is 0 Å². The third kappa shape index (κ3) is 5.09. The van der Waals surface area contributed by atoms with Crippen LogP contribution in [0.15, 0.2) is 24.3 Å². The van der Waals surface area contributed by atoms with Gasteiger partial charge in [0, 0.05) is 25.3 Å². The van der Waals surface area contributed by atoms with Gasteiger partial charge in [0.1, 0.15) is 5.82 Å². The Kier molecular flexibility index (Phi) is 6.43. The number of hydrogen-bond acceptors (Lipinski definition) is 3. The molecule has 24 heavy (non-hydrogen) atoms. The second-order valence-corrected chi connectivity index (χ2v) is 6.88. The minimum atomic E-state index is -0.575. The van der Waals surface area contributed by atoms with Crippen LogP contribution in [-0.4, -0.2) is 42.9 Å². The summed E-state index contributed by atoms with van der Waals surface area (Å²) in [5.74, 6) is 0.138. The van der Waals surface area contributed by atoms with E-state index in [1.54, 1.807) is 12.1 Å². The van der Waals surface area contributed by atoms with Gasteiger partial charge in [-0.1, -0.05) is 13.3 Å². The summed E-state index contributed by atoms with van der Waals surface area (Å²) in [7, 11) is 0. The number of urea groups is 1. The number of aliphatic hydroxyl groups excluding tert-OH is 1. The molecule has 6 heteroatoms. The Morgan fingerprint density at radius 3 is 2.75 bits per heavy atom. The van der Waals surface area contributed by atoms with E-state index in [0.29, 0.717) is 12.5 Å². The maximum absolute atomic E-state index is 13.0. The van der Waals surface area contributed by atoms with Gasteiger partial charge in [0.05, 0.1) is 12.1 Å². The molecule has 3 N–H and O–H groups in total. The molecule has 1 aromatic carbocycles. The molecule has 0 spiro atoms. The van der Waals surface area contributed by atoms with Gasteiger partial charge in [-0.25, -0.2) is 9.18 Å². The largest absolute Gasteiger partial charge is 0.394 e. The van der Waals surface area contributed by atoms with Crippen molar-refractivity contribution in [3.05, 3.63) is 30.1 Å². The SMILES string of the molecule is CCCC(C)(CO)NC(=O)NCC1CCN(c2ccc(F)cc2)C1. The van der Waals surface area contributed by atoms with Crippen LogP contribution < -0.4 is 15.5 Å². The number of aliphatic hydroxyl groups is 1. The molecule has 0 saturated carbocycles. The first-order valence-electron chi connectivity index (χ1n) is 8.63. The fourth-order valence-electron chi connectivity index (χ4n) is 3.17. The highest BCUT2D eigenvalue weighted by Gasteiger charge is 2.26. The van der Waals surface area contributed by atoms with Crippen molar-refractivity contribution in [3.63, 3.8) is 0 Å². The molecule has 0 aromatic heterocycles. The van der Waals surface area contributed by atoms with Gasteiger partial charge in [0.2, 0.25) is 0 Å². The average Bonchev–Trinajstić information content (AvgIpc) is 3.03. The molecular weight excluding hydrogens is 309 g/mol. The van der Waals surface area contributed by atoms with Crippen LogP contribution in [0.1, 0.15) is 33.1 Å². The Morgan fingerprint density at radius 2 is 2.12 bits per heavy atom. The van der Waals surface area contributed by atoms with E-state index in [9.17, 15) is 14.3 Å². The third-order valence-electron chi connectivity index (χ3n) is 4.59. The lowest BCUT2D eigenvalue weighted by atomic mass is 9.97. The lowest BCUT2D eigenvalue weighted by Crippen LogP contribution is -2.53. The van der Waals surface area contributed by atoms with Gasteiger partial charge in [-0.2, -0.15) is 0 Å². The van der Waals surface area contributed by atoms with E-state index < -0.39 is 5.54 Å².